The molecule has 0 spiro atoms. The highest BCUT2D eigenvalue weighted by molar-refractivity contribution is 9.10. The maximum Gasteiger partial charge on any atom is 0.252 e. The fourth-order valence-corrected chi connectivity index (χ4v) is 2.30. The molecule has 18 heavy (non-hydrogen) atoms. The van der Waals surface area contributed by atoms with Gasteiger partial charge in [0, 0.05) is 10.5 Å². The molecule has 0 aromatic heterocycles. The second-order valence-electron chi connectivity index (χ2n) is 4.95. The van der Waals surface area contributed by atoms with E-state index in [0.717, 1.165) is 23.0 Å². The van der Waals surface area contributed by atoms with Gasteiger partial charge in [0.25, 0.3) is 5.91 Å². The Morgan fingerprint density at radius 1 is 1.44 bits per heavy atom. The second-order valence-corrected chi connectivity index (χ2v) is 5.80. The molecule has 0 aliphatic heterocycles. The summed E-state index contributed by atoms with van der Waals surface area (Å²) in [6, 6.07) is 5.94. The number of nitrogens with one attached hydrogen (secondary N) is 1. The first-order chi connectivity index (χ1) is 8.40. The minimum Gasteiger partial charge on any atom is -0.350 e. The number of halogens is 1. The molecule has 0 aliphatic carbocycles. The van der Waals surface area contributed by atoms with Crippen LogP contribution in [0.4, 0.5) is 0 Å². The van der Waals surface area contributed by atoms with E-state index in [2.05, 4.69) is 26.1 Å². The van der Waals surface area contributed by atoms with Crippen LogP contribution >= 0.6 is 15.9 Å². The standard InChI is InChI=1S/C14H21BrN2O/c1-10-5-6-12(13(15)9-10)14(18)16-11(2)7-8-17(3)4/h5-6,9,11H,7-8H2,1-4H3,(H,16,18). The highest BCUT2D eigenvalue weighted by Gasteiger charge is 2.12. The van der Waals surface area contributed by atoms with E-state index in [9.17, 15) is 4.79 Å². The van der Waals surface area contributed by atoms with Crippen molar-refractivity contribution in [1.82, 2.24) is 10.2 Å². The average molecular weight is 313 g/mol. The Morgan fingerprint density at radius 3 is 2.67 bits per heavy atom. The highest BCUT2D eigenvalue weighted by atomic mass is 79.9. The van der Waals surface area contributed by atoms with Gasteiger partial charge in [0.1, 0.15) is 0 Å². The van der Waals surface area contributed by atoms with Crippen LogP contribution in [-0.2, 0) is 0 Å². The number of amides is 1. The van der Waals surface area contributed by atoms with E-state index in [0.29, 0.717) is 5.56 Å². The van der Waals surface area contributed by atoms with Crippen molar-refractivity contribution in [1.29, 1.82) is 0 Å². The van der Waals surface area contributed by atoms with Crippen LogP contribution in [0.2, 0.25) is 0 Å². The van der Waals surface area contributed by atoms with Gasteiger partial charge >= 0.3 is 0 Å². The van der Waals surface area contributed by atoms with E-state index in [-0.39, 0.29) is 11.9 Å². The first kappa shape index (κ1) is 15.2. The molecule has 1 aromatic rings. The Kier molecular flexibility index (Phi) is 5.82. The molecule has 0 saturated carbocycles. The molecular formula is C14H21BrN2O. The van der Waals surface area contributed by atoms with E-state index in [1.54, 1.807) is 0 Å². The molecule has 3 nitrogen and oxygen atoms in total. The third kappa shape index (κ3) is 4.78. The van der Waals surface area contributed by atoms with Crippen molar-refractivity contribution < 1.29 is 4.79 Å². The maximum absolute atomic E-state index is 12.1. The van der Waals surface area contributed by atoms with Crippen LogP contribution in [0.25, 0.3) is 0 Å². The zero-order chi connectivity index (χ0) is 13.7. The minimum absolute atomic E-state index is 0.0202. The SMILES string of the molecule is Cc1ccc(C(=O)NC(C)CCN(C)C)c(Br)c1. The van der Waals surface area contributed by atoms with Crippen molar-refractivity contribution in [3.05, 3.63) is 33.8 Å². The largest absolute Gasteiger partial charge is 0.350 e. The summed E-state index contributed by atoms with van der Waals surface area (Å²) in [6.45, 7) is 5.01. The lowest BCUT2D eigenvalue weighted by molar-refractivity contribution is 0.0936. The molecule has 1 N–H and O–H groups in total. The number of rotatable bonds is 5. The Labute approximate surface area is 118 Å². The quantitative estimate of drug-likeness (QED) is 0.906. The molecular weight excluding hydrogens is 292 g/mol. The molecule has 0 radical (unpaired) electrons. The molecule has 4 heteroatoms. The summed E-state index contributed by atoms with van der Waals surface area (Å²) in [5.74, 6) is -0.0202. The molecule has 0 aliphatic rings. The zero-order valence-corrected chi connectivity index (χ0v) is 13.0. The fraction of sp³-hybridized carbons (Fsp3) is 0.500. The monoisotopic (exact) mass is 312 g/mol. The third-order valence-electron chi connectivity index (χ3n) is 2.76. The van der Waals surface area contributed by atoms with Crippen molar-refractivity contribution in [3.63, 3.8) is 0 Å². The van der Waals surface area contributed by atoms with Crippen LogP contribution in [0.5, 0.6) is 0 Å². The van der Waals surface area contributed by atoms with Gasteiger partial charge < -0.3 is 10.2 Å². The van der Waals surface area contributed by atoms with Crippen molar-refractivity contribution >= 4 is 21.8 Å². The summed E-state index contributed by atoms with van der Waals surface area (Å²) in [4.78, 5) is 14.2. The van der Waals surface area contributed by atoms with Gasteiger partial charge in [0.2, 0.25) is 0 Å². The van der Waals surface area contributed by atoms with Crippen LogP contribution in [-0.4, -0.2) is 37.5 Å². The van der Waals surface area contributed by atoms with E-state index in [4.69, 9.17) is 0 Å². The van der Waals surface area contributed by atoms with Gasteiger partial charge in [-0.2, -0.15) is 0 Å². The molecule has 0 bridgehead atoms. The Hall–Kier alpha value is -0.870. The van der Waals surface area contributed by atoms with Crippen LogP contribution < -0.4 is 5.32 Å². The number of hydrogen-bond donors (Lipinski definition) is 1. The highest BCUT2D eigenvalue weighted by Crippen LogP contribution is 2.18. The van der Waals surface area contributed by atoms with Crippen molar-refractivity contribution in [2.75, 3.05) is 20.6 Å². The molecule has 0 fully saturated rings. The van der Waals surface area contributed by atoms with Gasteiger partial charge in [0.15, 0.2) is 0 Å². The van der Waals surface area contributed by atoms with Gasteiger partial charge in [-0.25, -0.2) is 0 Å². The normalized spacial score (nSPS) is 12.6. The Morgan fingerprint density at radius 2 is 2.11 bits per heavy atom. The summed E-state index contributed by atoms with van der Waals surface area (Å²) in [5.41, 5.74) is 1.83. The number of carbonyl (C=O) groups excluding carboxylic acids is 1. The second kappa shape index (κ2) is 6.90. The molecule has 0 saturated heterocycles. The molecule has 0 heterocycles. The van der Waals surface area contributed by atoms with Gasteiger partial charge in [-0.15, -0.1) is 0 Å². The summed E-state index contributed by atoms with van der Waals surface area (Å²) in [5, 5.41) is 3.02. The van der Waals surface area contributed by atoms with E-state index < -0.39 is 0 Å². The van der Waals surface area contributed by atoms with E-state index in [1.807, 2.05) is 46.1 Å². The fourth-order valence-electron chi connectivity index (χ4n) is 1.63. The predicted octanol–water partition coefficient (Wildman–Crippen LogP) is 2.83. The molecule has 1 rings (SSSR count). The number of nitrogens with zero attached hydrogens (tertiary/aromatic N) is 1. The van der Waals surface area contributed by atoms with E-state index >= 15 is 0 Å². The molecule has 1 unspecified atom stereocenters. The lowest BCUT2D eigenvalue weighted by atomic mass is 10.1. The molecule has 1 aromatic carbocycles. The Bertz CT molecular complexity index is 418. The number of hydrogen-bond acceptors (Lipinski definition) is 2. The molecule has 100 valence electrons. The van der Waals surface area contributed by atoms with Gasteiger partial charge in [-0.1, -0.05) is 6.07 Å². The summed E-state index contributed by atoms with van der Waals surface area (Å²) in [7, 11) is 4.07. The lowest BCUT2D eigenvalue weighted by Gasteiger charge is -2.17. The number of aryl methyl sites for hydroxylation is 1. The Balaban J connectivity index is 2.59. The van der Waals surface area contributed by atoms with Crippen LogP contribution in [0.3, 0.4) is 0 Å². The predicted molar refractivity (Wildman–Crippen MR) is 79.0 cm³/mol. The summed E-state index contributed by atoms with van der Waals surface area (Å²) < 4.78 is 0.847. The minimum atomic E-state index is -0.0202. The lowest BCUT2D eigenvalue weighted by Crippen LogP contribution is -2.34. The molecule has 1 amide bonds. The maximum atomic E-state index is 12.1. The first-order valence-electron chi connectivity index (χ1n) is 6.12. The van der Waals surface area contributed by atoms with Gasteiger partial charge in [-0.3, -0.25) is 4.79 Å². The van der Waals surface area contributed by atoms with Crippen molar-refractivity contribution in [3.8, 4) is 0 Å². The van der Waals surface area contributed by atoms with Crippen LogP contribution in [0.15, 0.2) is 22.7 Å². The molecule has 1 atom stereocenters. The van der Waals surface area contributed by atoms with Gasteiger partial charge in [-0.05, 0) is 74.5 Å². The summed E-state index contributed by atoms with van der Waals surface area (Å²) >= 11 is 3.43. The van der Waals surface area contributed by atoms with E-state index in [1.165, 1.54) is 0 Å². The smallest absolute Gasteiger partial charge is 0.252 e. The first-order valence-corrected chi connectivity index (χ1v) is 6.91. The van der Waals surface area contributed by atoms with Crippen LogP contribution in [0.1, 0.15) is 29.3 Å². The van der Waals surface area contributed by atoms with Crippen molar-refractivity contribution in [2.45, 2.75) is 26.3 Å². The third-order valence-corrected chi connectivity index (χ3v) is 3.41. The number of benzene rings is 1. The topological polar surface area (TPSA) is 32.3 Å². The number of carbonyl (C=O) groups is 1. The van der Waals surface area contributed by atoms with Crippen LogP contribution in [0, 0.1) is 6.92 Å². The zero-order valence-electron chi connectivity index (χ0n) is 11.5. The average Bonchev–Trinajstić information content (AvgIpc) is 2.26. The van der Waals surface area contributed by atoms with Gasteiger partial charge in [0.05, 0.1) is 5.56 Å². The van der Waals surface area contributed by atoms with Crippen molar-refractivity contribution in [2.24, 2.45) is 0 Å². The summed E-state index contributed by atoms with van der Waals surface area (Å²) in [6.07, 6.45) is 0.947.